The minimum absolute atomic E-state index is 0.00392. The summed E-state index contributed by atoms with van der Waals surface area (Å²) in [6.07, 6.45) is 1.07. The van der Waals surface area contributed by atoms with Crippen molar-refractivity contribution in [1.29, 1.82) is 5.41 Å². The van der Waals surface area contributed by atoms with Crippen LogP contribution in [-0.4, -0.2) is 68.2 Å². The highest BCUT2D eigenvalue weighted by molar-refractivity contribution is 5.95. The number of carbonyl (C=O) groups excluding carboxylic acids is 2. The Hall–Kier alpha value is -3.86. The number of amidine groups is 1. The Balaban J connectivity index is 1.90. The van der Waals surface area contributed by atoms with Gasteiger partial charge in [-0.2, -0.15) is 0 Å². The Morgan fingerprint density at radius 1 is 1.13 bits per heavy atom. The Kier molecular flexibility index (Phi) is 10.9. The molecular weight excluding hydrogens is 507 g/mol. The van der Waals surface area contributed by atoms with E-state index in [2.05, 4.69) is 5.32 Å². The first-order valence-electron chi connectivity index (χ1n) is 13.1. The van der Waals surface area contributed by atoms with Crippen LogP contribution >= 0.6 is 0 Å². The van der Waals surface area contributed by atoms with Crippen molar-refractivity contribution < 1.29 is 32.9 Å². The molecule has 1 saturated heterocycles. The third kappa shape index (κ3) is 8.31. The summed E-state index contributed by atoms with van der Waals surface area (Å²) >= 11 is 0. The molecule has 2 aromatic carbocycles. The van der Waals surface area contributed by atoms with Crippen molar-refractivity contribution in [2.24, 2.45) is 5.73 Å². The van der Waals surface area contributed by atoms with E-state index in [1.807, 2.05) is 4.90 Å². The second kappa shape index (κ2) is 14.3. The molecule has 10 nitrogen and oxygen atoms in total. The number of benzene rings is 2. The van der Waals surface area contributed by atoms with Crippen molar-refractivity contribution in [1.82, 2.24) is 4.90 Å². The number of nitrogens with one attached hydrogen (secondary N) is 2. The van der Waals surface area contributed by atoms with Gasteiger partial charge in [-0.05, 0) is 70.5 Å². The molecule has 0 aliphatic carbocycles. The molecule has 1 heterocycles. The molecule has 2 aromatic rings. The Morgan fingerprint density at radius 2 is 1.85 bits per heavy atom. The van der Waals surface area contributed by atoms with E-state index < -0.39 is 17.8 Å². The second-order valence-corrected chi connectivity index (χ2v) is 9.00. The molecule has 1 aliphatic rings. The maximum atomic E-state index is 16.0. The summed E-state index contributed by atoms with van der Waals surface area (Å²) in [7, 11) is 0. The zero-order valence-electron chi connectivity index (χ0n) is 22.6. The van der Waals surface area contributed by atoms with Gasteiger partial charge in [-0.3, -0.25) is 15.1 Å². The minimum atomic E-state index is -1.21. The summed E-state index contributed by atoms with van der Waals surface area (Å²) in [4.78, 5) is 26.9. The second-order valence-electron chi connectivity index (χ2n) is 9.00. The molecule has 0 spiro atoms. The fraction of sp³-hybridized carbons (Fsp3) is 0.464. The van der Waals surface area contributed by atoms with Gasteiger partial charge in [-0.25, -0.2) is 9.18 Å². The highest BCUT2D eigenvalue weighted by Crippen LogP contribution is 2.35. The number of hydrogen-bond acceptors (Lipinski definition) is 9. The standard InChI is InChI=1S/C28H37FN4O6/c1-4-36-21-14-22(26(28(35)38-6-3)32-19-11-9-18(10-12-19)27(30)31)25(29)23(15-21)39-20-8-7-13-33(16-20)17-24(34)37-5-2/h9-12,14-15,20,26,32H,4-8,13,16-17H2,1-3H3,(H3,30,31). The summed E-state index contributed by atoms with van der Waals surface area (Å²) in [6, 6.07) is 8.26. The van der Waals surface area contributed by atoms with Crippen LogP contribution in [0.1, 0.15) is 50.8 Å². The fourth-order valence-corrected chi connectivity index (χ4v) is 4.36. The first kappa shape index (κ1) is 29.7. The summed E-state index contributed by atoms with van der Waals surface area (Å²) in [5, 5.41) is 10.6. The normalized spacial score (nSPS) is 16.2. The molecular formula is C28H37FN4O6. The molecule has 2 unspecified atom stereocenters. The third-order valence-corrected chi connectivity index (χ3v) is 6.11. The lowest BCUT2D eigenvalue weighted by atomic mass is 10.0. The predicted molar refractivity (Wildman–Crippen MR) is 145 cm³/mol. The van der Waals surface area contributed by atoms with E-state index in [1.54, 1.807) is 45.0 Å². The van der Waals surface area contributed by atoms with Gasteiger partial charge in [0.2, 0.25) is 0 Å². The average molecular weight is 545 g/mol. The predicted octanol–water partition coefficient (Wildman–Crippen LogP) is 3.63. The zero-order valence-corrected chi connectivity index (χ0v) is 22.6. The number of halogens is 1. The van der Waals surface area contributed by atoms with Crippen LogP contribution in [-0.2, 0) is 19.1 Å². The summed E-state index contributed by atoms with van der Waals surface area (Å²) in [6.45, 7) is 7.24. The van der Waals surface area contributed by atoms with E-state index in [4.69, 9.17) is 30.1 Å². The number of rotatable bonds is 13. The number of likely N-dealkylation sites (tertiary alicyclic amines) is 1. The fourth-order valence-electron chi connectivity index (χ4n) is 4.36. The third-order valence-electron chi connectivity index (χ3n) is 6.11. The van der Waals surface area contributed by atoms with Crippen molar-refractivity contribution in [3.8, 4) is 11.5 Å². The Bertz CT molecular complexity index is 1140. The summed E-state index contributed by atoms with van der Waals surface area (Å²) in [5.41, 5.74) is 6.55. The van der Waals surface area contributed by atoms with Crippen molar-refractivity contribution in [3.63, 3.8) is 0 Å². The molecule has 0 saturated carbocycles. The number of nitrogen functional groups attached to an aromatic ring is 1. The van der Waals surface area contributed by atoms with Crippen LogP contribution in [0, 0.1) is 11.2 Å². The van der Waals surface area contributed by atoms with Gasteiger partial charge in [-0.1, -0.05) is 0 Å². The van der Waals surface area contributed by atoms with Crippen LogP contribution in [0.5, 0.6) is 11.5 Å². The van der Waals surface area contributed by atoms with E-state index in [-0.39, 0.29) is 42.4 Å². The molecule has 212 valence electrons. The van der Waals surface area contributed by atoms with Gasteiger partial charge in [0.05, 0.1) is 26.4 Å². The number of nitrogens with zero attached hydrogens (tertiary/aromatic N) is 1. The van der Waals surface area contributed by atoms with Crippen LogP contribution in [0.25, 0.3) is 0 Å². The number of nitrogens with two attached hydrogens (primary N) is 1. The van der Waals surface area contributed by atoms with Crippen LogP contribution in [0.3, 0.4) is 0 Å². The molecule has 1 fully saturated rings. The maximum Gasteiger partial charge on any atom is 0.333 e. The van der Waals surface area contributed by atoms with Crippen LogP contribution < -0.4 is 20.5 Å². The maximum absolute atomic E-state index is 16.0. The lowest BCUT2D eigenvalue weighted by Gasteiger charge is -2.32. The first-order chi connectivity index (χ1) is 18.7. The Morgan fingerprint density at radius 3 is 2.49 bits per heavy atom. The molecule has 0 amide bonds. The topological polar surface area (TPSA) is 136 Å². The van der Waals surface area contributed by atoms with E-state index >= 15 is 4.39 Å². The van der Waals surface area contributed by atoms with Gasteiger partial charge in [0.15, 0.2) is 17.6 Å². The van der Waals surface area contributed by atoms with Gasteiger partial charge >= 0.3 is 11.9 Å². The molecule has 0 aromatic heterocycles. The van der Waals surface area contributed by atoms with Gasteiger partial charge in [0.25, 0.3) is 0 Å². The first-order valence-corrected chi connectivity index (χ1v) is 13.1. The van der Waals surface area contributed by atoms with Crippen molar-refractivity contribution in [2.45, 2.75) is 45.8 Å². The molecule has 2 atom stereocenters. The molecule has 1 aliphatic heterocycles. The molecule has 0 bridgehead atoms. The van der Waals surface area contributed by atoms with Crippen molar-refractivity contribution in [3.05, 3.63) is 53.3 Å². The van der Waals surface area contributed by atoms with Gasteiger partial charge < -0.3 is 30.0 Å². The van der Waals surface area contributed by atoms with E-state index in [0.717, 1.165) is 6.42 Å². The van der Waals surface area contributed by atoms with Gasteiger partial charge in [0, 0.05) is 29.4 Å². The van der Waals surface area contributed by atoms with Crippen LogP contribution in [0.4, 0.5) is 10.1 Å². The SMILES string of the molecule is CCOC(=O)CN1CCCC(Oc2cc(OCC)cc(C(Nc3ccc(C(=N)N)cc3)C(=O)OCC)c2F)C1. The average Bonchev–Trinajstić information content (AvgIpc) is 2.90. The van der Waals surface area contributed by atoms with E-state index in [9.17, 15) is 9.59 Å². The highest BCUT2D eigenvalue weighted by Gasteiger charge is 2.30. The van der Waals surface area contributed by atoms with Crippen molar-refractivity contribution in [2.75, 3.05) is 44.8 Å². The largest absolute Gasteiger partial charge is 0.494 e. The monoisotopic (exact) mass is 544 g/mol. The highest BCUT2D eigenvalue weighted by atomic mass is 19.1. The van der Waals surface area contributed by atoms with Crippen molar-refractivity contribution >= 4 is 23.5 Å². The quantitative estimate of drug-likeness (QED) is 0.196. The smallest absolute Gasteiger partial charge is 0.333 e. The lowest BCUT2D eigenvalue weighted by Crippen LogP contribution is -2.43. The lowest BCUT2D eigenvalue weighted by molar-refractivity contribution is -0.145. The molecule has 4 N–H and O–H groups in total. The Labute approximate surface area is 228 Å². The van der Waals surface area contributed by atoms with Crippen LogP contribution in [0.15, 0.2) is 36.4 Å². The van der Waals surface area contributed by atoms with Gasteiger partial charge in [0.1, 0.15) is 17.7 Å². The van der Waals surface area contributed by atoms with Gasteiger partial charge in [-0.15, -0.1) is 0 Å². The summed E-state index contributed by atoms with van der Waals surface area (Å²) < 4.78 is 38.1. The summed E-state index contributed by atoms with van der Waals surface area (Å²) in [5.74, 6) is -1.51. The molecule has 39 heavy (non-hydrogen) atoms. The van der Waals surface area contributed by atoms with E-state index in [1.165, 1.54) is 12.1 Å². The van der Waals surface area contributed by atoms with Crippen LogP contribution in [0.2, 0.25) is 0 Å². The molecule has 11 heteroatoms. The number of ether oxygens (including phenoxy) is 4. The number of hydrogen-bond donors (Lipinski definition) is 3. The molecule has 3 rings (SSSR count). The number of esters is 2. The number of piperidine rings is 1. The molecule has 0 radical (unpaired) electrons. The minimum Gasteiger partial charge on any atom is -0.494 e. The van der Waals surface area contributed by atoms with E-state index in [0.29, 0.717) is 49.7 Å². The number of anilines is 1. The zero-order chi connectivity index (χ0) is 28.4. The number of carbonyl (C=O) groups is 2.